The van der Waals surface area contributed by atoms with Crippen molar-refractivity contribution in [2.75, 3.05) is 31.6 Å². The number of anilines is 1. The summed E-state index contributed by atoms with van der Waals surface area (Å²) in [7, 11) is 1.81. The van der Waals surface area contributed by atoms with Crippen LogP contribution in [0, 0.1) is 0 Å². The van der Waals surface area contributed by atoms with E-state index in [0.29, 0.717) is 6.04 Å². The number of thiazole rings is 1. The molecule has 0 radical (unpaired) electrons. The summed E-state index contributed by atoms with van der Waals surface area (Å²) in [5.74, 6) is 1.91. The fourth-order valence-electron chi connectivity index (χ4n) is 3.52. The number of nitrogens with one attached hydrogen (secondary N) is 2. The minimum Gasteiger partial charge on any atom is -0.356 e. The van der Waals surface area contributed by atoms with Crippen molar-refractivity contribution in [3.05, 3.63) is 23.2 Å². The predicted octanol–water partition coefficient (Wildman–Crippen LogP) is 1.68. The molecule has 0 bridgehead atoms. The van der Waals surface area contributed by atoms with E-state index in [0.717, 1.165) is 62.9 Å². The Kier molecular flexibility index (Phi) is 7.27. The van der Waals surface area contributed by atoms with E-state index in [2.05, 4.69) is 36.0 Å². The van der Waals surface area contributed by atoms with E-state index in [1.807, 2.05) is 11.7 Å². The average molecular weight is 502 g/mol. The van der Waals surface area contributed by atoms with Gasteiger partial charge >= 0.3 is 0 Å². The summed E-state index contributed by atoms with van der Waals surface area (Å²) in [6, 6.07) is 0.330. The van der Waals surface area contributed by atoms with E-state index in [9.17, 15) is 0 Å². The fourth-order valence-corrected chi connectivity index (χ4v) is 4.43. The Morgan fingerprint density at radius 2 is 2.22 bits per heavy atom. The molecule has 0 spiro atoms. The second-order valence-electron chi connectivity index (χ2n) is 6.80. The van der Waals surface area contributed by atoms with Gasteiger partial charge in [-0.3, -0.25) is 4.99 Å². The van der Waals surface area contributed by atoms with Gasteiger partial charge < -0.3 is 15.5 Å². The third-order valence-corrected chi connectivity index (χ3v) is 5.91. The molecule has 0 saturated carbocycles. The number of guanidine groups is 1. The average Bonchev–Trinajstić information content (AvgIpc) is 3.40. The smallest absolute Gasteiger partial charge is 0.191 e. The lowest BCUT2D eigenvalue weighted by Gasteiger charge is -2.25. The van der Waals surface area contributed by atoms with Crippen molar-refractivity contribution < 1.29 is 0 Å². The molecule has 1 unspecified atom stereocenters. The molecule has 2 aromatic heterocycles. The molecule has 1 saturated heterocycles. The number of hydrogen-bond donors (Lipinski definition) is 2. The summed E-state index contributed by atoms with van der Waals surface area (Å²) < 4.78 is 1.98. The first-order chi connectivity index (χ1) is 12.8. The van der Waals surface area contributed by atoms with Crippen molar-refractivity contribution in [1.29, 1.82) is 0 Å². The second kappa shape index (κ2) is 9.67. The van der Waals surface area contributed by atoms with Crippen LogP contribution in [0.3, 0.4) is 0 Å². The van der Waals surface area contributed by atoms with Crippen molar-refractivity contribution in [3.63, 3.8) is 0 Å². The number of aromatic nitrogens is 4. The Morgan fingerprint density at radius 3 is 3.04 bits per heavy atom. The van der Waals surface area contributed by atoms with Gasteiger partial charge in [-0.05, 0) is 19.3 Å². The molecule has 8 nitrogen and oxygen atoms in total. The van der Waals surface area contributed by atoms with Crippen LogP contribution in [-0.4, -0.2) is 58.4 Å². The van der Waals surface area contributed by atoms with E-state index in [-0.39, 0.29) is 24.0 Å². The summed E-state index contributed by atoms with van der Waals surface area (Å²) in [6.45, 7) is 3.96. The number of aryl methyl sites for hydroxylation is 1. The molecule has 4 rings (SSSR count). The van der Waals surface area contributed by atoms with Crippen LogP contribution >= 0.6 is 35.3 Å². The molecule has 1 atom stereocenters. The molecule has 27 heavy (non-hydrogen) atoms. The summed E-state index contributed by atoms with van der Waals surface area (Å²) >= 11 is 1.76. The maximum atomic E-state index is 4.78. The lowest BCUT2D eigenvalue weighted by Crippen LogP contribution is -2.47. The first kappa shape index (κ1) is 20.3. The summed E-state index contributed by atoms with van der Waals surface area (Å²) in [5, 5.41) is 14.5. The van der Waals surface area contributed by atoms with Crippen LogP contribution in [0.25, 0.3) is 0 Å². The summed E-state index contributed by atoms with van der Waals surface area (Å²) in [6.07, 6.45) is 7.11. The van der Waals surface area contributed by atoms with Crippen molar-refractivity contribution in [1.82, 2.24) is 30.4 Å². The van der Waals surface area contributed by atoms with Crippen LogP contribution in [0.15, 0.2) is 16.7 Å². The summed E-state index contributed by atoms with van der Waals surface area (Å²) in [5.41, 5.74) is 1.16. The highest BCUT2D eigenvalue weighted by Gasteiger charge is 2.20. The molecule has 4 heterocycles. The van der Waals surface area contributed by atoms with Gasteiger partial charge in [0.05, 0.1) is 12.2 Å². The van der Waals surface area contributed by atoms with Crippen molar-refractivity contribution >= 4 is 46.4 Å². The first-order valence-corrected chi connectivity index (χ1v) is 10.2. The van der Waals surface area contributed by atoms with Crippen molar-refractivity contribution in [2.45, 2.75) is 44.7 Å². The van der Waals surface area contributed by atoms with E-state index >= 15 is 0 Å². The largest absolute Gasteiger partial charge is 0.356 e. The van der Waals surface area contributed by atoms with Gasteiger partial charge in [0.1, 0.15) is 12.2 Å². The molecule has 148 valence electrons. The topological polar surface area (TPSA) is 83.3 Å². The van der Waals surface area contributed by atoms with Crippen LogP contribution < -0.4 is 15.5 Å². The lowest BCUT2D eigenvalue weighted by atomic mass is 10.1. The van der Waals surface area contributed by atoms with Gasteiger partial charge in [-0.15, -0.1) is 35.3 Å². The molecule has 10 heteroatoms. The lowest BCUT2D eigenvalue weighted by molar-refractivity contribution is 0.393. The molecule has 2 aliphatic heterocycles. The normalized spacial score (nSPS) is 19.5. The fraction of sp³-hybridized carbons (Fsp3) is 0.647. The highest BCUT2D eigenvalue weighted by atomic mass is 127. The molecule has 2 N–H and O–H groups in total. The standard InChI is InChI=1S/C17H26N8S.HI/c1-18-16(22-13-4-5-15-20-12-21-25(15)10-13)19-7-6-14-11-26-17(23-14)24-8-2-3-9-24;/h11-13H,2-10H2,1H3,(H2,18,19,22);1H. The number of hydrogen-bond acceptors (Lipinski definition) is 6. The van der Waals surface area contributed by atoms with Crippen LogP contribution in [0.5, 0.6) is 0 Å². The zero-order valence-corrected chi connectivity index (χ0v) is 18.7. The highest BCUT2D eigenvalue weighted by Crippen LogP contribution is 2.24. The molecule has 0 aliphatic carbocycles. The predicted molar refractivity (Wildman–Crippen MR) is 119 cm³/mol. The van der Waals surface area contributed by atoms with Crippen molar-refractivity contribution in [2.24, 2.45) is 4.99 Å². The highest BCUT2D eigenvalue weighted by molar-refractivity contribution is 14.0. The van der Waals surface area contributed by atoms with E-state index in [1.165, 1.54) is 18.0 Å². The third kappa shape index (κ3) is 5.09. The Bertz CT molecular complexity index is 752. The van der Waals surface area contributed by atoms with Crippen LogP contribution in [-0.2, 0) is 19.4 Å². The number of rotatable bonds is 5. The van der Waals surface area contributed by atoms with Crippen LogP contribution in [0.2, 0.25) is 0 Å². The van der Waals surface area contributed by atoms with Gasteiger partial charge in [-0.2, -0.15) is 5.10 Å². The zero-order valence-electron chi connectivity index (χ0n) is 15.6. The molecular formula is C17H27IN8S. The van der Waals surface area contributed by atoms with Crippen LogP contribution in [0.4, 0.5) is 5.13 Å². The molecular weight excluding hydrogens is 475 g/mol. The molecule has 1 fully saturated rings. The quantitative estimate of drug-likeness (QED) is 0.368. The number of aliphatic imine (C=N–C) groups is 1. The molecule has 2 aliphatic rings. The van der Waals surface area contributed by atoms with Crippen LogP contribution in [0.1, 0.15) is 30.8 Å². The Labute approximate surface area is 180 Å². The zero-order chi connectivity index (χ0) is 17.8. The number of fused-ring (bicyclic) bond motifs is 1. The maximum Gasteiger partial charge on any atom is 0.191 e. The first-order valence-electron chi connectivity index (χ1n) is 9.35. The Morgan fingerprint density at radius 1 is 1.37 bits per heavy atom. The number of halogens is 1. The van der Waals surface area contributed by atoms with E-state index in [4.69, 9.17) is 4.98 Å². The Hall–Kier alpha value is -1.43. The SMILES string of the molecule is CN=C(NCCc1csc(N2CCCC2)n1)NC1CCc2ncnn2C1.I. The third-order valence-electron chi connectivity index (χ3n) is 4.96. The van der Waals surface area contributed by atoms with Gasteiger partial charge in [0.25, 0.3) is 0 Å². The molecule has 2 aromatic rings. The maximum absolute atomic E-state index is 4.78. The van der Waals surface area contributed by atoms with Crippen molar-refractivity contribution in [3.8, 4) is 0 Å². The molecule has 0 aromatic carbocycles. The van der Waals surface area contributed by atoms with Gasteiger partial charge in [-0.25, -0.2) is 14.6 Å². The minimum absolute atomic E-state index is 0. The molecule has 0 amide bonds. The van der Waals surface area contributed by atoms with Gasteiger partial charge in [0.15, 0.2) is 11.1 Å². The summed E-state index contributed by atoms with van der Waals surface area (Å²) in [4.78, 5) is 15.8. The number of nitrogens with zero attached hydrogens (tertiary/aromatic N) is 6. The minimum atomic E-state index is 0. The van der Waals surface area contributed by atoms with E-state index in [1.54, 1.807) is 17.7 Å². The van der Waals surface area contributed by atoms with Gasteiger partial charge in [0.2, 0.25) is 0 Å². The van der Waals surface area contributed by atoms with Gasteiger partial charge in [0, 0.05) is 50.9 Å². The second-order valence-corrected chi connectivity index (χ2v) is 7.64. The van der Waals surface area contributed by atoms with Gasteiger partial charge in [-0.1, -0.05) is 0 Å². The van der Waals surface area contributed by atoms with E-state index < -0.39 is 0 Å². The Balaban J connectivity index is 0.00000210. The monoisotopic (exact) mass is 502 g/mol.